The second-order valence-corrected chi connectivity index (χ2v) is 10.7. The zero-order valence-corrected chi connectivity index (χ0v) is 23.2. The second-order valence-electron chi connectivity index (χ2n) is 10.7. The van der Waals surface area contributed by atoms with Crippen molar-refractivity contribution < 1.29 is 19.1 Å². The Kier molecular flexibility index (Phi) is 12.4. The summed E-state index contributed by atoms with van der Waals surface area (Å²) in [4.78, 5) is 41.2. The monoisotopic (exact) mass is 500 g/mol. The van der Waals surface area contributed by atoms with Crippen LogP contribution >= 0.6 is 0 Å². The van der Waals surface area contributed by atoms with E-state index in [1.807, 2.05) is 52.0 Å². The minimum absolute atomic E-state index is 0.0697. The Balaban J connectivity index is 3.43. The number of nitrogens with zero attached hydrogens (tertiary/aromatic N) is 2. The van der Waals surface area contributed by atoms with Crippen LogP contribution in [0.2, 0.25) is 0 Å². The summed E-state index contributed by atoms with van der Waals surface area (Å²) in [5.74, 6) is -0.771. The number of carbonyl (C=O) groups is 3. The molecule has 0 saturated carbocycles. The largest absolute Gasteiger partial charge is 0.444 e. The van der Waals surface area contributed by atoms with Crippen LogP contribution in [0.1, 0.15) is 90.0 Å². The Hall–Kier alpha value is -3.08. The first-order valence-electron chi connectivity index (χ1n) is 12.8. The number of aryl methyl sites for hydroxylation is 2. The number of ether oxygens (including phenoxy) is 1. The highest BCUT2D eigenvalue weighted by molar-refractivity contribution is 5.92. The van der Waals surface area contributed by atoms with Crippen molar-refractivity contribution in [1.29, 1.82) is 5.26 Å². The van der Waals surface area contributed by atoms with Crippen LogP contribution in [0.15, 0.2) is 18.2 Å². The van der Waals surface area contributed by atoms with Crippen molar-refractivity contribution >= 4 is 17.9 Å². The molecule has 0 aromatic heterocycles. The molecule has 0 radical (unpaired) electrons. The lowest BCUT2D eigenvalue weighted by molar-refractivity contribution is -0.142. The lowest BCUT2D eigenvalue weighted by Gasteiger charge is -2.34. The highest BCUT2D eigenvalue weighted by Crippen LogP contribution is 2.27. The topological polar surface area (TPSA) is 112 Å². The maximum atomic E-state index is 13.9. The molecule has 8 nitrogen and oxygen atoms in total. The Morgan fingerprint density at radius 2 is 1.81 bits per heavy atom. The summed E-state index contributed by atoms with van der Waals surface area (Å²) >= 11 is 0. The van der Waals surface area contributed by atoms with Crippen LogP contribution in [-0.4, -0.2) is 47.5 Å². The minimum Gasteiger partial charge on any atom is -0.444 e. The van der Waals surface area contributed by atoms with Gasteiger partial charge in [-0.05, 0) is 64.5 Å². The fourth-order valence-corrected chi connectivity index (χ4v) is 3.98. The summed E-state index contributed by atoms with van der Waals surface area (Å²) in [5, 5.41) is 15.3. The number of nitriles is 1. The molecule has 2 atom stereocenters. The quantitative estimate of drug-likeness (QED) is 0.312. The summed E-state index contributed by atoms with van der Waals surface area (Å²) in [6.45, 7) is 15.2. The molecule has 2 unspecified atom stereocenters. The van der Waals surface area contributed by atoms with Crippen LogP contribution in [0.25, 0.3) is 0 Å². The fourth-order valence-electron chi connectivity index (χ4n) is 3.98. The first-order chi connectivity index (χ1) is 16.8. The van der Waals surface area contributed by atoms with E-state index in [1.165, 1.54) is 4.90 Å². The number of hydrogen-bond acceptors (Lipinski definition) is 5. The molecule has 3 amide bonds. The molecule has 200 valence electrons. The van der Waals surface area contributed by atoms with E-state index in [-0.39, 0.29) is 18.4 Å². The van der Waals surface area contributed by atoms with Gasteiger partial charge in [0, 0.05) is 6.54 Å². The summed E-state index contributed by atoms with van der Waals surface area (Å²) in [7, 11) is 0. The number of unbranched alkanes of at least 4 members (excludes halogenated alkanes) is 2. The minimum atomic E-state index is -1.01. The molecule has 0 aliphatic heterocycles. The lowest BCUT2D eigenvalue weighted by atomic mass is 9.95. The number of hydrogen-bond donors (Lipinski definition) is 2. The molecular weight excluding hydrogens is 456 g/mol. The smallest absolute Gasteiger partial charge is 0.408 e. The van der Waals surface area contributed by atoms with Crippen LogP contribution < -0.4 is 10.6 Å². The molecule has 0 fully saturated rings. The van der Waals surface area contributed by atoms with Gasteiger partial charge >= 0.3 is 6.09 Å². The van der Waals surface area contributed by atoms with Gasteiger partial charge in [0.1, 0.15) is 24.2 Å². The summed E-state index contributed by atoms with van der Waals surface area (Å²) < 4.78 is 5.38. The van der Waals surface area contributed by atoms with Crippen LogP contribution in [0.4, 0.5) is 4.79 Å². The molecule has 2 N–H and O–H groups in total. The number of carbonyl (C=O) groups excluding carboxylic acids is 3. The molecule has 0 aliphatic rings. The average molecular weight is 501 g/mol. The molecule has 1 aromatic rings. The van der Waals surface area contributed by atoms with E-state index in [2.05, 4.69) is 17.6 Å². The normalized spacial score (nSPS) is 12.9. The van der Waals surface area contributed by atoms with Crippen molar-refractivity contribution in [1.82, 2.24) is 15.5 Å². The fraction of sp³-hybridized carbons (Fsp3) is 0.643. The summed E-state index contributed by atoms with van der Waals surface area (Å²) in [5.41, 5.74) is 1.79. The van der Waals surface area contributed by atoms with Gasteiger partial charge in [-0.2, -0.15) is 5.26 Å². The summed E-state index contributed by atoms with van der Waals surface area (Å²) in [6, 6.07) is 5.76. The zero-order valence-electron chi connectivity index (χ0n) is 23.2. The maximum Gasteiger partial charge on any atom is 0.408 e. The van der Waals surface area contributed by atoms with E-state index < -0.39 is 29.7 Å². The van der Waals surface area contributed by atoms with Crippen LogP contribution in [0, 0.1) is 31.1 Å². The highest BCUT2D eigenvalue weighted by Gasteiger charge is 2.37. The van der Waals surface area contributed by atoms with Gasteiger partial charge in [-0.15, -0.1) is 0 Å². The third-order valence-corrected chi connectivity index (χ3v) is 5.58. The Morgan fingerprint density at radius 1 is 1.14 bits per heavy atom. The van der Waals surface area contributed by atoms with Crippen molar-refractivity contribution in [2.45, 2.75) is 98.8 Å². The van der Waals surface area contributed by atoms with Crippen molar-refractivity contribution in [3.63, 3.8) is 0 Å². The Morgan fingerprint density at radius 3 is 2.33 bits per heavy atom. The summed E-state index contributed by atoms with van der Waals surface area (Å²) in [6.07, 6.45) is 2.43. The number of amides is 3. The van der Waals surface area contributed by atoms with E-state index in [4.69, 9.17) is 4.74 Å². The first-order valence-corrected chi connectivity index (χ1v) is 12.8. The van der Waals surface area contributed by atoms with Crippen LogP contribution in [-0.2, 0) is 14.3 Å². The first kappa shape index (κ1) is 31.0. The van der Waals surface area contributed by atoms with E-state index in [0.29, 0.717) is 18.5 Å². The standard InChI is InChI=1S/C28H44N4O4/c1-9-10-11-15-30-25(33)24(22-13-12-20(4)18-21(22)5)32(16-14-29)26(34)23(17-19(2)3)31-27(35)36-28(6,7)8/h12-13,18-19,23-24H,9-11,15-17H2,1-8H3,(H,30,33)(H,31,35). The Bertz CT molecular complexity index is 930. The van der Waals surface area contributed by atoms with Gasteiger partial charge in [0.25, 0.3) is 0 Å². The van der Waals surface area contributed by atoms with E-state index in [9.17, 15) is 19.6 Å². The van der Waals surface area contributed by atoms with Gasteiger partial charge < -0.3 is 20.3 Å². The van der Waals surface area contributed by atoms with Gasteiger partial charge in [0.15, 0.2) is 0 Å². The highest BCUT2D eigenvalue weighted by atomic mass is 16.6. The molecule has 0 bridgehead atoms. The predicted molar refractivity (Wildman–Crippen MR) is 141 cm³/mol. The van der Waals surface area contributed by atoms with Crippen molar-refractivity contribution in [3.8, 4) is 6.07 Å². The van der Waals surface area contributed by atoms with Crippen molar-refractivity contribution in [2.75, 3.05) is 13.1 Å². The molecule has 1 rings (SSSR count). The second kappa shape index (κ2) is 14.5. The average Bonchev–Trinajstić information content (AvgIpc) is 2.75. The van der Waals surface area contributed by atoms with Gasteiger partial charge in [-0.3, -0.25) is 9.59 Å². The lowest BCUT2D eigenvalue weighted by Crippen LogP contribution is -2.53. The van der Waals surface area contributed by atoms with Gasteiger partial charge in [0.2, 0.25) is 11.8 Å². The third-order valence-electron chi connectivity index (χ3n) is 5.58. The third kappa shape index (κ3) is 10.3. The number of nitrogens with one attached hydrogen (secondary N) is 2. The van der Waals surface area contributed by atoms with Crippen LogP contribution in [0.5, 0.6) is 0 Å². The molecule has 0 spiro atoms. The predicted octanol–water partition coefficient (Wildman–Crippen LogP) is 4.94. The van der Waals surface area contributed by atoms with E-state index in [1.54, 1.807) is 20.8 Å². The maximum absolute atomic E-state index is 13.9. The molecular formula is C28H44N4O4. The molecule has 0 saturated heterocycles. The van der Waals surface area contributed by atoms with Crippen molar-refractivity contribution in [2.24, 2.45) is 5.92 Å². The van der Waals surface area contributed by atoms with E-state index in [0.717, 1.165) is 30.4 Å². The van der Waals surface area contributed by atoms with Gasteiger partial charge in [-0.25, -0.2) is 4.79 Å². The molecule has 1 aromatic carbocycles. The van der Waals surface area contributed by atoms with Crippen LogP contribution in [0.3, 0.4) is 0 Å². The van der Waals surface area contributed by atoms with Crippen molar-refractivity contribution in [3.05, 3.63) is 34.9 Å². The number of benzene rings is 1. The zero-order chi connectivity index (χ0) is 27.5. The van der Waals surface area contributed by atoms with Gasteiger partial charge in [-0.1, -0.05) is 57.4 Å². The number of alkyl carbamates (subject to hydrolysis) is 1. The molecule has 8 heteroatoms. The van der Waals surface area contributed by atoms with E-state index >= 15 is 0 Å². The molecule has 0 aliphatic carbocycles. The number of rotatable bonds is 12. The Labute approximate surface area is 216 Å². The SMILES string of the molecule is CCCCCNC(=O)C(c1ccc(C)cc1C)N(CC#N)C(=O)C(CC(C)C)NC(=O)OC(C)(C)C. The van der Waals surface area contributed by atoms with Gasteiger partial charge in [0.05, 0.1) is 6.07 Å². The molecule has 0 heterocycles. The molecule has 36 heavy (non-hydrogen) atoms.